The van der Waals surface area contributed by atoms with Crippen LogP contribution in [0.1, 0.15) is 28.9 Å². The van der Waals surface area contributed by atoms with Gasteiger partial charge in [-0.2, -0.15) is 8.78 Å². The molecule has 2 aromatic rings. The Bertz CT molecular complexity index is 649. The Balaban J connectivity index is 2.13. The first-order valence-corrected chi connectivity index (χ1v) is 8.25. The molecule has 6 heteroatoms. The van der Waals surface area contributed by atoms with Gasteiger partial charge in [0.05, 0.1) is 11.6 Å². The monoisotopic (exact) mass is 385 g/mol. The molecular weight excluding hydrogens is 372 g/mol. The molecule has 0 aromatic heterocycles. The van der Waals surface area contributed by atoms with Crippen molar-refractivity contribution >= 4 is 33.6 Å². The quantitative estimate of drug-likeness (QED) is 0.711. The Hall–Kier alpha value is -1.40. The molecule has 0 bridgehead atoms. The molecule has 0 aliphatic carbocycles. The highest BCUT2D eigenvalue weighted by Gasteiger charge is 2.17. The molecule has 2 rings (SSSR count). The highest BCUT2D eigenvalue weighted by molar-refractivity contribution is 9.10. The minimum Gasteiger partial charge on any atom is -0.345 e. The zero-order valence-electron chi connectivity index (χ0n) is 11.7. The molecule has 1 unspecified atom stereocenters. The van der Waals surface area contributed by atoms with Gasteiger partial charge in [0, 0.05) is 9.37 Å². The summed E-state index contributed by atoms with van der Waals surface area (Å²) < 4.78 is 26.1. The van der Waals surface area contributed by atoms with E-state index < -0.39 is 5.76 Å². The molecule has 0 saturated carbocycles. The van der Waals surface area contributed by atoms with E-state index in [-0.39, 0.29) is 22.4 Å². The van der Waals surface area contributed by atoms with Crippen LogP contribution in [0.15, 0.2) is 57.9 Å². The molecule has 0 saturated heterocycles. The van der Waals surface area contributed by atoms with Crippen LogP contribution in [-0.2, 0) is 0 Å². The number of hydrogen-bond donors (Lipinski definition) is 1. The van der Waals surface area contributed by atoms with Gasteiger partial charge in [-0.3, -0.25) is 4.79 Å². The molecule has 1 N–H and O–H groups in total. The van der Waals surface area contributed by atoms with Crippen molar-refractivity contribution in [2.24, 2.45) is 0 Å². The number of benzene rings is 2. The predicted octanol–water partition coefficient (Wildman–Crippen LogP) is 5.25. The average molecular weight is 386 g/mol. The van der Waals surface area contributed by atoms with Crippen LogP contribution >= 0.6 is 27.7 Å². The number of halogens is 3. The average Bonchev–Trinajstić information content (AvgIpc) is 2.47. The Kier molecular flexibility index (Phi) is 5.97. The van der Waals surface area contributed by atoms with Gasteiger partial charge >= 0.3 is 0 Å². The molecule has 0 heterocycles. The van der Waals surface area contributed by atoms with Gasteiger partial charge in [0.1, 0.15) is 0 Å². The summed E-state index contributed by atoms with van der Waals surface area (Å²) >= 11 is 3.73. The van der Waals surface area contributed by atoms with Gasteiger partial charge < -0.3 is 5.32 Å². The van der Waals surface area contributed by atoms with Crippen LogP contribution in [0.2, 0.25) is 0 Å². The number of hydrogen-bond acceptors (Lipinski definition) is 2. The van der Waals surface area contributed by atoms with Crippen molar-refractivity contribution in [2.45, 2.75) is 23.6 Å². The molecule has 1 atom stereocenters. The lowest BCUT2D eigenvalue weighted by molar-refractivity contribution is 0.0937. The van der Waals surface area contributed by atoms with Gasteiger partial charge in [-0.1, -0.05) is 52.0 Å². The van der Waals surface area contributed by atoms with Gasteiger partial charge in [0.2, 0.25) is 0 Å². The van der Waals surface area contributed by atoms with Crippen LogP contribution in [-0.4, -0.2) is 11.7 Å². The lowest BCUT2D eigenvalue weighted by atomic mass is 10.1. The van der Waals surface area contributed by atoms with Gasteiger partial charge in [0.25, 0.3) is 11.7 Å². The molecule has 2 aromatic carbocycles. The van der Waals surface area contributed by atoms with E-state index in [2.05, 4.69) is 21.2 Å². The van der Waals surface area contributed by atoms with E-state index in [9.17, 15) is 13.6 Å². The van der Waals surface area contributed by atoms with E-state index in [1.54, 1.807) is 18.2 Å². The van der Waals surface area contributed by atoms with Crippen molar-refractivity contribution in [3.05, 3.63) is 64.1 Å². The van der Waals surface area contributed by atoms with Crippen molar-refractivity contribution in [3.63, 3.8) is 0 Å². The number of thioether (sulfide) groups is 1. The smallest absolute Gasteiger partial charge is 0.288 e. The summed E-state index contributed by atoms with van der Waals surface area (Å²) in [7, 11) is 0. The normalized spacial score (nSPS) is 12.2. The summed E-state index contributed by atoms with van der Waals surface area (Å²) in [5.41, 5.74) is 1.20. The molecule has 0 aliphatic rings. The number of amides is 1. The van der Waals surface area contributed by atoms with E-state index >= 15 is 0 Å². The largest absolute Gasteiger partial charge is 0.345 e. The number of carbonyl (C=O) groups is 1. The zero-order chi connectivity index (χ0) is 16.1. The molecule has 0 aliphatic heterocycles. The van der Waals surface area contributed by atoms with Gasteiger partial charge in [-0.15, -0.1) is 0 Å². The maximum absolute atomic E-state index is 12.6. The van der Waals surface area contributed by atoms with Crippen LogP contribution in [0.5, 0.6) is 0 Å². The molecule has 22 heavy (non-hydrogen) atoms. The van der Waals surface area contributed by atoms with Crippen molar-refractivity contribution < 1.29 is 13.6 Å². The Morgan fingerprint density at radius 1 is 1.14 bits per heavy atom. The predicted molar refractivity (Wildman–Crippen MR) is 88.3 cm³/mol. The molecule has 1 amide bonds. The second-order valence-corrected chi connectivity index (χ2v) is 6.57. The lowest BCUT2D eigenvalue weighted by Gasteiger charge is -2.16. The van der Waals surface area contributed by atoms with Gasteiger partial charge in [0.15, 0.2) is 0 Å². The second-order valence-electron chi connectivity index (χ2n) is 4.62. The molecular formula is C16H14BrF2NOS. The highest BCUT2D eigenvalue weighted by Crippen LogP contribution is 2.28. The third kappa shape index (κ3) is 4.55. The third-order valence-corrected chi connectivity index (χ3v) is 4.38. The van der Waals surface area contributed by atoms with E-state index in [1.807, 2.05) is 31.2 Å². The van der Waals surface area contributed by atoms with Crippen molar-refractivity contribution in [1.82, 2.24) is 5.32 Å². The summed E-state index contributed by atoms with van der Waals surface area (Å²) in [6, 6.07) is 13.7. The van der Waals surface area contributed by atoms with Crippen LogP contribution in [0.25, 0.3) is 0 Å². The van der Waals surface area contributed by atoms with E-state index in [0.717, 1.165) is 10.0 Å². The minimum atomic E-state index is -2.56. The van der Waals surface area contributed by atoms with Gasteiger partial charge in [-0.25, -0.2) is 0 Å². The zero-order valence-corrected chi connectivity index (χ0v) is 14.1. The lowest BCUT2D eigenvalue weighted by Crippen LogP contribution is -2.27. The summed E-state index contributed by atoms with van der Waals surface area (Å²) in [4.78, 5) is 12.6. The second kappa shape index (κ2) is 7.74. The van der Waals surface area contributed by atoms with Crippen LogP contribution in [0.4, 0.5) is 8.78 Å². The fraction of sp³-hybridized carbons (Fsp3) is 0.188. The first-order chi connectivity index (χ1) is 10.5. The number of nitrogens with one attached hydrogen (secondary N) is 1. The maximum atomic E-state index is 12.6. The fourth-order valence-electron chi connectivity index (χ4n) is 1.96. The molecule has 2 nitrogen and oxygen atoms in total. The summed E-state index contributed by atoms with van der Waals surface area (Å²) in [5, 5.41) is 2.83. The summed E-state index contributed by atoms with van der Waals surface area (Å²) in [5.74, 6) is -2.92. The molecule has 0 radical (unpaired) electrons. The van der Waals surface area contributed by atoms with Crippen LogP contribution in [0, 0.1) is 0 Å². The number of alkyl halides is 2. The van der Waals surface area contributed by atoms with E-state index in [4.69, 9.17) is 0 Å². The molecule has 0 fully saturated rings. The Labute approximate surface area is 140 Å². The van der Waals surface area contributed by atoms with Crippen molar-refractivity contribution in [2.75, 3.05) is 0 Å². The van der Waals surface area contributed by atoms with Gasteiger partial charge in [-0.05, 0) is 36.8 Å². The fourth-order valence-corrected chi connectivity index (χ4v) is 2.86. The first-order valence-electron chi connectivity index (χ1n) is 6.57. The molecule has 0 spiro atoms. The minimum absolute atomic E-state index is 0.217. The number of rotatable bonds is 5. The molecule has 116 valence electrons. The summed E-state index contributed by atoms with van der Waals surface area (Å²) in [6.07, 6.45) is 0. The standard InChI is InChI=1S/C16H14BrF2NOS/c1-10(11-6-8-12(17)9-7-11)20-15(21)13-4-2-3-5-14(13)22-16(18)19/h2-10,16H,1H3,(H,20,21). The topological polar surface area (TPSA) is 29.1 Å². The third-order valence-electron chi connectivity index (χ3n) is 3.07. The SMILES string of the molecule is CC(NC(=O)c1ccccc1SC(F)F)c1ccc(Br)cc1. The first kappa shape index (κ1) is 17.0. The van der Waals surface area contributed by atoms with E-state index in [1.165, 1.54) is 6.07 Å². The van der Waals surface area contributed by atoms with Crippen LogP contribution < -0.4 is 5.32 Å². The van der Waals surface area contributed by atoms with Crippen molar-refractivity contribution in [3.8, 4) is 0 Å². The maximum Gasteiger partial charge on any atom is 0.288 e. The van der Waals surface area contributed by atoms with E-state index in [0.29, 0.717) is 11.8 Å². The highest BCUT2D eigenvalue weighted by atomic mass is 79.9. The number of carbonyl (C=O) groups excluding carboxylic acids is 1. The van der Waals surface area contributed by atoms with Crippen LogP contribution in [0.3, 0.4) is 0 Å². The van der Waals surface area contributed by atoms with Crippen molar-refractivity contribution in [1.29, 1.82) is 0 Å². The Morgan fingerprint density at radius 3 is 2.41 bits per heavy atom. The Morgan fingerprint density at radius 2 is 1.77 bits per heavy atom. The summed E-state index contributed by atoms with van der Waals surface area (Å²) in [6.45, 7) is 1.85.